The van der Waals surface area contributed by atoms with Gasteiger partial charge in [0.05, 0.1) is 9.79 Å². The summed E-state index contributed by atoms with van der Waals surface area (Å²) in [6.45, 7) is 5.87. The van der Waals surface area contributed by atoms with Crippen LogP contribution in [0.15, 0.2) is 82.7 Å². The standard InChI is InChI=1S/C25H24N2O3S/c1-17-8-11-20(12-9-17)31(29,30)24-15-27(23-7-5-4-6-21(23)24)16-25(28)26-22-13-10-18(2)14-19(22)3/h4-15H,16H2,1-3H3,(H,26,28). The topological polar surface area (TPSA) is 68.2 Å². The van der Waals surface area contributed by atoms with Crippen LogP contribution in [0.1, 0.15) is 16.7 Å². The molecule has 1 aromatic heterocycles. The quantitative estimate of drug-likeness (QED) is 0.480. The molecule has 1 amide bonds. The van der Waals surface area contributed by atoms with E-state index in [0.717, 1.165) is 22.4 Å². The molecule has 5 nitrogen and oxygen atoms in total. The second-order valence-electron chi connectivity index (χ2n) is 7.82. The van der Waals surface area contributed by atoms with Crippen LogP contribution in [0.4, 0.5) is 5.69 Å². The fraction of sp³-hybridized carbons (Fsp3) is 0.160. The first kappa shape index (κ1) is 20.9. The lowest BCUT2D eigenvalue weighted by atomic mass is 10.1. The molecule has 1 N–H and O–H groups in total. The molecule has 0 atom stereocenters. The normalized spacial score (nSPS) is 11.6. The summed E-state index contributed by atoms with van der Waals surface area (Å²) in [5.41, 5.74) is 4.54. The summed E-state index contributed by atoms with van der Waals surface area (Å²) >= 11 is 0. The molecule has 4 rings (SSSR count). The smallest absolute Gasteiger partial charge is 0.244 e. The first-order valence-electron chi connectivity index (χ1n) is 10.0. The number of benzene rings is 3. The van der Waals surface area contributed by atoms with Crippen molar-refractivity contribution in [3.05, 3.63) is 89.6 Å². The van der Waals surface area contributed by atoms with Crippen LogP contribution < -0.4 is 5.32 Å². The Kier molecular flexibility index (Phi) is 5.41. The minimum Gasteiger partial charge on any atom is -0.337 e. The number of anilines is 1. The number of aromatic nitrogens is 1. The molecule has 0 radical (unpaired) electrons. The van der Waals surface area contributed by atoms with E-state index in [4.69, 9.17) is 0 Å². The average Bonchev–Trinajstić information content (AvgIpc) is 3.10. The van der Waals surface area contributed by atoms with E-state index in [1.807, 2.05) is 51.1 Å². The number of hydrogen-bond donors (Lipinski definition) is 1. The number of aryl methyl sites for hydroxylation is 3. The molecule has 0 saturated heterocycles. The van der Waals surface area contributed by atoms with Gasteiger partial charge in [-0.3, -0.25) is 4.79 Å². The van der Waals surface area contributed by atoms with Gasteiger partial charge in [0.25, 0.3) is 0 Å². The third kappa shape index (κ3) is 4.11. The van der Waals surface area contributed by atoms with Gasteiger partial charge >= 0.3 is 0 Å². The Balaban J connectivity index is 1.70. The Morgan fingerprint density at radius 1 is 0.903 bits per heavy atom. The van der Waals surface area contributed by atoms with Gasteiger partial charge < -0.3 is 9.88 Å². The predicted octanol–water partition coefficient (Wildman–Crippen LogP) is 5.04. The Morgan fingerprint density at radius 3 is 2.29 bits per heavy atom. The van der Waals surface area contributed by atoms with Crippen molar-refractivity contribution < 1.29 is 13.2 Å². The number of rotatable bonds is 5. The van der Waals surface area contributed by atoms with Crippen LogP contribution in [-0.2, 0) is 21.2 Å². The van der Waals surface area contributed by atoms with Crippen LogP contribution in [0.3, 0.4) is 0 Å². The van der Waals surface area contributed by atoms with Crippen LogP contribution in [-0.4, -0.2) is 18.9 Å². The third-order valence-corrected chi connectivity index (χ3v) is 7.14. The molecule has 4 aromatic rings. The number of hydrogen-bond acceptors (Lipinski definition) is 3. The molecule has 0 unspecified atom stereocenters. The predicted molar refractivity (Wildman–Crippen MR) is 123 cm³/mol. The SMILES string of the molecule is Cc1ccc(S(=O)(=O)c2cn(CC(=O)Nc3ccc(C)cc3C)c3ccccc23)cc1. The van der Waals surface area contributed by atoms with Gasteiger partial charge in [0, 0.05) is 22.8 Å². The Morgan fingerprint density at radius 2 is 1.58 bits per heavy atom. The fourth-order valence-corrected chi connectivity index (χ4v) is 5.18. The molecule has 3 aromatic carbocycles. The lowest BCUT2D eigenvalue weighted by Crippen LogP contribution is -2.18. The number of sulfone groups is 1. The molecule has 158 valence electrons. The minimum atomic E-state index is -3.72. The number of fused-ring (bicyclic) bond motifs is 1. The van der Waals surface area contributed by atoms with Crippen LogP contribution in [0.2, 0.25) is 0 Å². The molecule has 0 bridgehead atoms. The second-order valence-corrected chi connectivity index (χ2v) is 9.74. The first-order chi connectivity index (χ1) is 14.8. The van der Waals surface area contributed by atoms with Gasteiger partial charge in [-0.15, -0.1) is 0 Å². The Hall–Kier alpha value is -3.38. The van der Waals surface area contributed by atoms with Crippen molar-refractivity contribution in [3.63, 3.8) is 0 Å². The number of carbonyl (C=O) groups excluding carboxylic acids is 1. The summed E-state index contributed by atoms with van der Waals surface area (Å²) < 4.78 is 28.3. The number of para-hydroxylation sites is 1. The average molecular weight is 433 g/mol. The Bertz CT molecular complexity index is 1380. The lowest BCUT2D eigenvalue weighted by Gasteiger charge is -2.10. The van der Waals surface area contributed by atoms with Gasteiger partial charge in [-0.25, -0.2) is 8.42 Å². The largest absolute Gasteiger partial charge is 0.337 e. The molecule has 0 aliphatic rings. The molecular formula is C25H24N2O3S. The summed E-state index contributed by atoms with van der Waals surface area (Å²) in [6.07, 6.45) is 1.56. The van der Waals surface area contributed by atoms with E-state index in [2.05, 4.69) is 5.32 Å². The number of nitrogens with one attached hydrogen (secondary N) is 1. The van der Waals surface area contributed by atoms with Crippen molar-refractivity contribution in [2.75, 3.05) is 5.32 Å². The van der Waals surface area contributed by atoms with Crippen LogP contribution >= 0.6 is 0 Å². The minimum absolute atomic E-state index is 0.0112. The summed E-state index contributed by atoms with van der Waals surface area (Å²) in [6, 6.07) is 19.9. The van der Waals surface area contributed by atoms with Crippen LogP contribution in [0, 0.1) is 20.8 Å². The van der Waals surface area contributed by atoms with Crippen molar-refractivity contribution in [1.82, 2.24) is 4.57 Å². The molecular weight excluding hydrogens is 408 g/mol. The molecule has 0 fully saturated rings. The highest BCUT2D eigenvalue weighted by atomic mass is 32.2. The van der Waals surface area contributed by atoms with Crippen molar-refractivity contribution >= 4 is 32.3 Å². The van der Waals surface area contributed by atoms with Crippen molar-refractivity contribution in [1.29, 1.82) is 0 Å². The highest BCUT2D eigenvalue weighted by Gasteiger charge is 2.23. The molecule has 0 aliphatic carbocycles. The number of amides is 1. The van der Waals surface area contributed by atoms with Gasteiger partial charge in [0.1, 0.15) is 6.54 Å². The molecule has 1 heterocycles. The monoisotopic (exact) mass is 432 g/mol. The van der Waals surface area contributed by atoms with Gasteiger partial charge in [-0.2, -0.15) is 0 Å². The molecule has 31 heavy (non-hydrogen) atoms. The number of carbonyl (C=O) groups is 1. The van der Waals surface area contributed by atoms with E-state index in [1.165, 1.54) is 0 Å². The maximum Gasteiger partial charge on any atom is 0.244 e. The van der Waals surface area contributed by atoms with E-state index >= 15 is 0 Å². The molecule has 6 heteroatoms. The lowest BCUT2D eigenvalue weighted by molar-refractivity contribution is -0.116. The maximum absolute atomic E-state index is 13.3. The molecule has 0 spiro atoms. The zero-order chi connectivity index (χ0) is 22.2. The van der Waals surface area contributed by atoms with Gasteiger partial charge in [0.15, 0.2) is 0 Å². The summed E-state index contributed by atoms with van der Waals surface area (Å²) in [5.74, 6) is -0.216. The third-order valence-electron chi connectivity index (χ3n) is 5.34. The van der Waals surface area contributed by atoms with Crippen molar-refractivity contribution in [2.24, 2.45) is 0 Å². The van der Waals surface area contributed by atoms with E-state index in [-0.39, 0.29) is 22.2 Å². The van der Waals surface area contributed by atoms with Crippen molar-refractivity contribution in [3.8, 4) is 0 Å². The van der Waals surface area contributed by atoms with E-state index in [1.54, 1.807) is 47.2 Å². The van der Waals surface area contributed by atoms with Crippen molar-refractivity contribution in [2.45, 2.75) is 37.1 Å². The van der Waals surface area contributed by atoms with E-state index in [0.29, 0.717) is 10.9 Å². The zero-order valence-electron chi connectivity index (χ0n) is 17.7. The van der Waals surface area contributed by atoms with Gasteiger partial charge in [0.2, 0.25) is 15.7 Å². The van der Waals surface area contributed by atoms with Crippen LogP contribution in [0.25, 0.3) is 10.9 Å². The molecule has 0 saturated carbocycles. The van der Waals surface area contributed by atoms with Gasteiger partial charge in [-0.05, 0) is 50.6 Å². The summed E-state index contributed by atoms with van der Waals surface area (Å²) in [5, 5.41) is 3.53. The second kappa shape index (κ2) is 8.04. The van der Waals surface area contributed by atoms with Gasteiger partial charge in [-0.1, -0.05) is 53.6 Å². The van der Waals surface area contributed by atoms with E-state index < -0.39 is 9.84 Å². The van der Waals surface area contributed by atoms with E-state index in [9.17, 15) is 13.2 Å². The highest BCUT2D eigenvalue weighted by Crippen LogP contribution is 2.30. The highest BCUT2D eigenvalue weighted by molar-refractivity contribution is 7.91. The first-order valence-corrected chi connectivity index (χ1v) is 11.5. The zero-order valence-corrected chi connectivity index (χ0v) is 18.5. The summed E-state index contributed by atoms with van der Waals surface area (Å²) in [7, 11) is -3.72. The maximum atomic E-state index is 13.3. The Labute approximate surface area is 182 Å². The summed E-state index contributed by atoms with van der Waals surface area (Å²) in [4.78, 5) is 13.2. The molecule has 0 aliphatic heterocycles. The number of nitrogens with zero attached hydrogens (tertiary/aromatic N) is 1. The van der Waals surface area contributed by atoms with Crippen LogP contribution in [0.5, 0.6) is 0 Å². The fourth-order valence-electron chi connectivity index (χ4n) is 3.70.